The maximum atomic E-state index is 5.51. The maximum Gasteiger partial charge on any atom is 0.229 e. The molecule has 1 aromatic carbocycles. The highest BCUT2D eigenvalue weighted by Gasteiger charge is 2.32. The van der Waals surface area contributed by atoms with Gasteiger partial charge in [0.25, 0.3) is 0 Å². The Bertz CT molecular complexity index is 676. The summed E-state index contributed by atoms with van der Waals surface area (Å²) in [6.07, 6.45) is 3.51. The summed E-state index contributed by atoms with van der Waals surface area (Å²) in [6.45, 7) is 8.79. The zero-order chi connectivity index (χ0) is 17.2. The van der Waals surface area contributed by atoms with Gasteiger partial charge in [-0.05, 0) is 44.5 Å². The molecule has 1 unspecified atom stereocenters. The zero-order valence-electron chi connectivity index (χ0n) is 15.3. The molecule has 1 aromatic heterocycles. The van der Waals surface area contributed by atoms with Gasteiger partial charge in [0.15, 0.2) is 5.82 Å². The molecule has 2 aliphatic rings. The number of para-hydroxylation sites is 1. The van der Waals surface area contributed by atoms with Crippen LogP contribution in [0.1, 0.15) is 56.7 Å². The number of rotatable bonds is 4. The summed E-state index contributed by atoms with van der Waals surface area (Å²) in [5.74, 6) is 2.45. The predicted molar refractivity (Wildman–Crippen MR) is 99.0 cm³/mol. The van der Waals surface area contributed by atoms with Crippen molar-refractivity contribution < 1.29 is 4.52 Å². The van der Waals surface area contributed by atoms with E-state index in [0.29, 0.717) is 17.9 Å². The molecule has 134 valence electrons. The molecule has 0 bridgehead atoms. The summed E-state index contributed by atoms with van der Waals surface area (Å²) in [4.78, 5) is 9.79. The quantitative estimate of drug-likeness (QED) is 0.850. The molecule has 0 N–H and O–H groups in total. The Labute approximate surface area is 150 Å². The molecule has 0 saturated carbocycles. The summed E-state index contributed by atoms with van der Waals surface area (Å²) in [5, 5.41) is 4.12. The Morgan fingerprint density at radius 2 is 1.80 bits per heavy atom. The van der Waals surface area contributed by atoms with E-state index < -0.39 is 0 Å². The Balaban J connectivity index is 1.31. The van der Waals surface area contributed by atoms with Crippen LogP contribution in [0.2, 0.25) is 0 Å². The average molecular weight is 340 g/mol. The molecule has 2 aromatic rings. The lowest BCUT2D eigenvalue weighted by atomic mass is 9.95. The van der Waals surface area contributed by atoms with Gasteiger partial charge in [-0.2, -0.15) is 4.98 Å². The van der Waals surface area contributed by atoms with Gasteiger partial charge < -0.3 is 9.42 Å². The van der Waals surface area contributed by atoms with E-state index in [4.69, 9.17) is 4.52 Å². The van der Waals surface area contributed by atoms with E-state index in [1.165, 1.54) is 12.1 Å². The summed E-state index contributed by atoms with van der Waals surface area (Å²) in [5.41, 5.74) is 1.35. The van der Waals surface area contributed by atoms with Crippen molar-refractivity contribution in [3.8, 4) is 0 Å². The molecule has 3 heterocycles. The van der Waals surface area contributed by atoms with Crippen molar-refractivity contribution in [3.05, 3.63) is 42.0 Å². The van der Waals surface area contributed by atoms with Gasteiger partial charge in [-0.25, -0.2) is 0 Å². The first-order chi connectivity index (χ1) is 12.2. The van der Waals surface area contributed by atoms with E-state index in [2.05, 4.69) is 64.1 Å². The number of likely N-dealkylation sites (tertiary alicyclic amines) is 1. The second-order valence-corrected chi connectivity index (χ2v) is 7.68. The number of benzene rings is 1. The highest BCUT2D eigenvalue weighted by molar-refractivity contribution is 5.47. The van der Waals surface area contributed by atoms with Gasteiger partial charge in [0, 0.05) is 36.7 Å². The molecule has 25 heavy (non-hydrogen) atoms. The molecule has 5 nitrogen and oxygen atoms in total. The van der Waals surface area contributed by atoms with Crippen molar-refractivity contribution in [2.45, 2.75) is 51.0 Å². The van der Waals surface area contributed by atoms with Crippen LogP contribution in [-0.2, 0) is 0 Å². The fourth-order valence-electron chi connectivity index (χ4n) is 4.07. The van der Waals surface area contributed by atoms with Gasteiger partial charge in [0.2, 0.25) is 5.89 Å². The predicted octanol–water partition coefficient (Wildman–Crippen LogP) is 3.65. The monoisotopic (exact) mass is 340 g/mol. The van der Waals surface area contributed by atoms with Gasteiger partial charge in [-0.1, -0.05) is 37.2 Å². The average Bonchev–Trinajstić information content (AvgIpc) is 3.33. The lowest BCUT2D eigenvalue weighted by Crippen LogP contribution is -2.42. The van der Waals surface area contributed by atoms with Gasteiger partial charge in [-0.3, -0.25) is 4.90 Å². The molecule has 0 aliphatic carbocycles. The summed E-state index contributed by atoms with van der Waals surface area (Å²) < 4.78 is 5.51. The van der Waals surface area contributed by atoms with Gasteiger partial charge in [-0.15, -0.1) is 0 Å². The number of piperidine rings is 1. The van der Waals surface area contributed by atoms with Gasteiger partial charge in [0.05, 0.1) is 0 Å². The van der Waals surface area contributed by atoms with Crippen molar-refractivity contribution >= 4 is 5.69 Å². The summed E-state index contributed by atoms with van der Waals surface area (Å²) in [7, 11) is 0. The Kier molecular flexibility index (Phi) is 4.75. The Hall–Kier alpha value is -1.88. The van der Waals surface area contributed by atoms with Crippen molar-refractivity contribution in [1.29, 1.82) is 0 Å². The van der Waals surface area contributed by atoms with Crippen LogP contribution in [-0.4, -0.2) is 47.3 Å². The molecule has 4 rings (SSSR count). The topological polar surface area (TPSA) is 45.4 Å². The Morgan fingerprint density at radius 1 is 1.04 bits per heavy atom. The molecule has 1 atom stereocenters. The molecule has 2 fully saturated rings. The molecule has 0 spiro atoms. The normalized spacial score (nSPS) is 22.8. The first-order valence-corrected chi connectivity index (χ1v) is 9.58. The van der Waals surface area contributed by atoms with Crippen molar-refractivity contribution in [2.24, 2.45) is 0 Å². The van der Waals surface area contributed by atoms with Crippen molar-refractivity contribution in [2.75, 3.05) is 31.1 Å². The lowest BCUT2D eigenvalue weighted by Gasteiger charge is -2.34. The molecular weight excluding hydrogens is 312 g/mol. The number of anilines is 1. The SMILES string of the molecule is CC(C)c1noc(C2CCN(C3CCN(c4ccccc4)C3)CC2)n1. The standard InChI is InChI=1S/C20H28N4O/c1-15(2)19-21-20(25-22-19)16-8-11-23(12-9-16)18-10-13-24(14-18)17-6-4-3-5-7-17/h3-7,15-16,18H,8-14H2,1-2H3. The maximum absolute atomic E-state index is 5.51. The molecule has 2 aliphatic heterocycles. The third-order valence-corrected chi connectivity index (χ3v) is 5.65. The van der Waals surface area contributed by atoms with Crippen LogP contribution in [0.3, 0.4) is 0 Å². The van der Waals surface area contributed by atoms with E-state index in [0.717, 1.165) is 50.7 Å². The minimum absolute atomic E-state index is 0.333. The van der Waals surface area contributed by atoms with E-state index >= 15 is 0 Å². The van der Waals surface area contributed by atoms with Crippen molar-refractivity contribution in [1.82, 2.24) is 15.0 Å². The highest BCUT2D eigenvalue weighted by atomic mass is 16.5. The van der Waals surface area contributed by atoms with E-state index in [1.54, 1.807) is 0 Å². The minimum Gasteiger partial charge on any atom is -0.370 e. The molecule has 0 radical (unpaired) electrons. The van der Waals surface area contributed by atoms with Crippen LogP contribution in [0.15, 0.2) is 34.9 Å². The molecule has 2 saturated heterocycles. The third-order valence-electron chi connectivity index (χ3n) is 5.65. The molecule has 0 amide bonds. The van der Waals surface area contributed by atoms with Crippen LogP contribution >= 0.6 is 0 Å². The third kappa shape index (κ3) is 3.56. The van der Waals surface area contributed by atoms with Crippen LogP contribution in [0, 0.1) is 0 Å². The second kappa shape index (κ2) is 7.16. The Morgan fingerprint density at radius 3 is 2.48 bits per heavy atom. The van der Waals surface area contributed by atoms with E-state index in [9.17, 15) is 0 Å². The smallest absolute Gasteiger partial charge is 0.229 e. The second-order valence-electron chi connectivity index (χ2n) is 7.68. The van der Waals surface area contributed by atoms with Crippen LogP contribution in [0.25, 0.3) is 0 Å². The first kappa shape index (κ1) is 16.6. The number of hydrogen-bond acceptors (Lipinski definition) is 5. The van der Waals surface area contributed by atoms with Crippen molar-refractivity contribution in [3.63, 3.8) is 0 Å². The van der Waals surface area contributed by atoms with Gasteiger partial charge >= 0.3 is 0 Å². The largest absolute Gasteiger partial charge is 0.370 e. The molecular formula is C20H28N4O. The fourth-order valence-corrected chi connectivity index (χ4v) is 4.07. The fraction of sp³-hybridized carbons (Fsp3) is 0.600. The first-order valence-electron chi connectivity index (χ1n) is 9.58. The lowest BCUT2D eigenvalue weighted by molar-refractivity contribution is 0.151. The van der Waals surface area contributed by atoms with E-state index in [-0.39, 0.29) is 0 Å². The van der Waals surface area contributed by atoms with Crippen LogP contribution < -0.4 is 4.90 Å². The number of aromatic nitrogens is 2. The van der Waals surface area contributed by atoms with Crippen LogP contribution in [0.5, 0.6) is 0 Å². The number of hydrogen-bond donors (Lipinski definition) is 0. The highest BCUT2D eigenvalue weighted by Crippen LogP contribution is 2.31. The van der Waals surface area contributed by atoms with Crippen LogP contribution in [0.4, 0.5) is 5.69 Å². The number of nitrogens with zero attached hydrogens (tertiary/aromatic N) is 4. The molecule has 5 heteroatoms. The zero-order valence-corrected chi connectivity index (χ0v) is 15.3. The summed E-state index contributed by atoms with van der Waals surface area (Å²) in [6, 6.07) is 11.5. The minimum atomic E-state index is 0.333. The van der Waals surface area contributed by atoms with E-state index in [1.807, 2.05) is 0 Å². The van der Waals surface area contributed by atoms with Gasteiger partial charge in [0.1, 0.15) is 0 Å². The summed E-state index contributed by atoms with van der Waals surface area (Å²) >= 11 is 0.